The van der Waals surface area contributed by atoms with E-state index >= 15 is 0 Å². The van der Waals surface area contributed by atoms with Crippen molar-refractivity contribution < 1.29 is 9.94 Å². The van der Waals surface area contributed by atoms with Crippen molar-refractivity contribution in [2.24, 2.45) is 10.9 Å². The second kappa shape index (κ2) is 4.83. The van der Waals surface area contributed by atoms with E-state index in [1.54, 1.807) is 12.1 Å². The van der Waals surface area contributed by atoms with Gasteiger partial charge in [0.25, 0.3) is 0 Å². The van der Waals surface area contributed by atoms with Gasteiger partial charge in [-0.2, -0.15) is 0 Å². The molecular formula is C11H17N3O2. The second-order valence-electron chi connectivity index (χ2n) is 4.09. The zero-order chi connectivity index (χ0) is 12.2. The number of oxime groups is 1. The van der Waals surface area contributed by atoms with E-state index < -0.39 is 0 Å². The molecule has 0 atom stereocenters. The Hall–Kier alpha value is -1.78. The van der Waals surface area contributed by atoms with Crippen molar-refractivity contribution in [2.45, 2.75) is 32.8 Å². The molecule has 0 aliphatic carbocycles. The lowest BCUT2D eigenvalue weighted by atomic mass is 10.1. The Labute approximate surface area is 94.9 Å². The van der Waals surface area contributed by atoms with Crippen LogP contribution in [0.5, 0.6) is 5.88 Å². The molecule has 0 unspecified atom stereocenters. The SMILES string of the molecule is CCC(C)(C)Oc1ccc(/C(N)=N/O)cn1. The predicted molar refractivity (Wildman–Crippen MR) is 61.7 cm³/mol. The van der Waals surface area contributed by atoms with Crippen LogP contribution in [0.2, 0.25) is 0 Å². The highest BCUT2D eigenvalue weighted by Gasteiger charge is 2.17. The third kappa shape index (κ3) is 3.12. The summed E-state index contributed by atoms with van der Waals surface area (Å²) in [6.45, 7) is 6.03. The lowest BCUT2D eigenvalue weighted by Gasteiger charge is -2.23. The fourth-order valence-electron chi connectivity index (χ4n) is 1.01. The summed E-state index contributed by atoms with van der Waals surface area (Å²) in [7, 11) is 0. The first-order valence-electron chi connectivity index (χ1n) is 5.11. The monoisotopic (exact) mass is 223 g/mol. The molecule has 5 heteroatoms. The Morgan fingerprint density at radius 2 is 2.25 bits per heavy atom. The molecule has 0 bridgehead atoms. The topological polar surface area (TPSA) is 80.7 Å². The fourth-order valence-corrected chi connectivity index (χ4v) is 1.01. The van der Waals surface area contributed by atoms with Crippen LogP contribution in [0.4, 0.5) is 0 Å². The van der Waals surface area contributed by atoms with Crippen molar-refractivity contribution in [1.82, 2.24) is 4.98 Å². The lowest BCUT2D eigenvalue weighted by Crippen LogP contribution is -2.27. The number of hydrogen-bond donors (Lipinski definition) is 2. The smallest absolute Gasteiger partial charge is 0.213 e. The van der Waals surface area contributed by atoms with Crippen LogP contribution >= 0.6 is 0 Å². The van der Waals surface area contributed by atoms with E-state index in [1.807, 2.05) is 20.8 Å². The molecule has 0 saturated carbocycles. The molecule has 1 aromatic heterocycles. The first-order chi connectivity index (χ1) is 7.48. The van der Waals surface area contributed by atoms with E-state index in [2.05, 4.69) is 10.1 Å². The van der Waals surface area contributed by atoms with Crippen LogP contribution in [0.25, 0.3) is 0 Å². The fraction of sp³-hybridized carbons (Fsp3) is 0.455. The van der Waals surface area contributed by atoms with Crippen LogP contribution in [0, 0.1) is 0 Å². The molecule has 1 aromatic rings. The van der Waals surface area contributed by atoms with Gasteiger partial charge in [-0.3, -0.25) is 0 Å². The molecule has 0 saturated heterocycles. The normalized spacial score (nSPS) is 12.6. The molecule has 1 rings (SSSR count). The highest BCUT2D eigenvalue weighted by atomic mass is 16.5. The summed E-state index contributed by atoms with van der Waals surface area (Å²) in [6, 6.07) is 3.40. The van der Waals surface area contributed by atoms with Crippen LogP contribution < -0.4 is 10.5 Å². The summed E-state index contributed by atoms with van der Waals surface area (Å²) < 4.78 is 5.67. The van der Waals surface area contributed by atoms with Gasteiger partial charge in [0.05, 0.1) is 0 Å². The number of nitrogens with two attached hydrogens (primary N) is 1. The number of amidine groups is 1. The minimum atomic E-state index is -0.245. The summed E-state index contributed by atoms with van der Waals surface area (Å²) in [5, 5.41) is 11.4. The van der Waals surface area contributed by atoms with Gasteiger partial charge >= 0.3 is 0 Å². The van der Waals surface area contributed by atoms with Gasteiger partial charge in [0.1, 0.15) is 5.60 Å². The van der Waals surface area contributed by atoms with Gasteiger partial charge in [-0.25, -0.2) is 4.98 Å². The van der Waals surface area contributed by atoms with E-state index in [4.69, 9.17) is 15.7 Å². The summed E-state index contributed by atoms with van der Waals surface area (Å²) in [5.74, 6) is 0.565. The number of rotatable bonds is 4. The number of pyridine rings is 1. The molecular weight excluding hydrogens is 206 g/mol. The van der Waals surface area contributed by atoms with Crippen molar-refractivity contribution in [1.29, 1.82) is 0 Å². The Bertz CT molecular complexity index is 371. The van der Waals surface area contributed by atoms with Gasteiger partial charge in [-0.15, -0.1) is 0 Å². The molecule has 0 amide bonds. The van der Waals surface area contributed by atoms with Gasteiger partial charge in [-0.05, 0) is 26.3 Å². The molecule has 1 heterocycles. The molecule has 88 valence electrons. The molecule has 3 N–H and O–H groups in total. The largest absolute Gasteiger partial charge is 0.472 e. The van der Waals surface area contributed by atoms with Crippen molar-refractivity contribution in [3.63, 3.8) is 0 Å². The van der Waals surface area contributed by atoms with E-state index in [1.165, 1.54) is 6.20 Å². The number of aromatic nitrogens is 1. The van der Waals surface area contributed by atoms with Crippen molar-refractivity contribution in [2.75, 3.05) is 0 Å². The first-order valence-corrected chi connectivity index (χ1v) is 5.11. The van der Waals surface area contributed by atoms with Gasteiger partial charge in [0.15, 0.2) is 5.84 Å². The van der Waals surface area contributed by atoms with Gasteiger partial charge in [0, 0.05) is 17.8 Å². The van der Waals surface area contributed by atoms with Gasteiger partial charge < -0.3 is 15.7 Å². The molecule has 5 nitrogen and oxygen atoms in total. The van der Waals surface area contributed by atoms with E-state index in [9.17, 15) is 0 Å². The average Bonchev–Trinajstić information content (AvgIpc) is 2.28. The third-order valence-electron chi connectivity index (χ3n) is 2.37. The summed E-state index contributed by atoms with van der Waals surface area (Å²) >= 11 is 0. The maximum absolute atomic E-state index is 8.49. The Morgan fingerprint density at radius 1 is 1.56 bits per heavy atom. The Kier molecular flexibility index (Phi) is 3.71. The first kappa shape index (κ1) is 12.3. The molecule has 0 aliphatic rings. The minimum absolute atomic E-state index is 0.0359. The highest BCUT2D eigenvalue weighted by molar-refractivity contribution is 5.96. The molecule has 0 aliphatic heterocycles. The highest BCUT2D eigenvalue weighted by Crippen LogP contribution is 2.18. The minimum Gasteiger partial charge on any atom is -0.472 e. The van der Waals surface area contributed by atoms with E-state index in [-0.39, 0.29) is 11.4 Å². The van der Waals surface area contributed by atoms with Crippen LogP contribution in [0.1, 0.15) is 32.8 Å². The number of hydrogen-bond acceptors (Lipinski definition) is 4. The summed E-state index contributed by atoms with van der Waals surface area (Å²) in [5.41, 5.74) is 5.73. The molecule has 0 aromatic carbocycles. The van der Waals surface area contributed by atoms with Crippen LogP contribution in [-0.2, 0) is 0 Å². The lowest BCUT2D eigenvalue weighted by molar-refractivity contribution is 0.0990. The van der Waals surface area contributed by atoms with Gasteiger partial charge in [-0.1, -0.05) is 12.1 Å². The Morgan fingerprint density at radius 3 is 2.69 bits per heavy atom. The van der Waals surface area contributed by atoms with Crippen molar-refractivity contribution in [3.8, 4) is 5.88 Å². The van der Waals surface area contributed by atoms with Crippen molar-refractivity contribution >= 4 is 5.84 Å². The van der Waals surface area contributed by atoms with Crippen LogP contribution in [-0.4, -0.2) is 21.6 Å². The maximum Gasteiger partial charge on any atom is 0.213 e. The third-order valence-corrected chi connectivity index (χ3v) is 2.37. The summed E-state index contributed by atoms with van der Waals surface area (Å²) in [4.78, 5) is 4.09. The van der Waals surface area contributed by atoms with Gasteiger partial charge in [0.2, 0.25) is 5.88 Å². The number of ether oxygens (including phenoxy) is 1. The summed E-state index contributed by atoms with van der Waals surface area (Å²) in [6.07, 6.45) is 2.40. The maximum atomic E-state index is 8.49. The Balaban J connectivity index is 2.80. The number of nitrogens with zero attached hydrogens (tertiary/aromatic N) is 2. The van der Waals surface area contributed by atoms with E-state index in [0.717, 1.165) is 6.42 Å². The quantitative estimate of drug-likeness (QED) is 0.352. The average molecular weight is 223 g/mol. The van der Waals surface area contributed by atoms with Crippen molar-refractivity contribution in [3.05, 3.63) is 23.9 Å². The molecule has 0 radical (unpaired) electrons. The van der Waals surface area contributed by atoms with Crippen LogP contribution in [0.15, 0.2) is 23.5 Å². The molecule has 16 heavy (non-hydrogen) atoms. The standard InChI is InChI=1S/C11H17N3O2/c1-4-11(2,3)16-9-6-5-8(7-13-9)10(12)14-15/h5-7,15H,4H2,1-3H3,(H2,12,14). The molecule has 0 spiro atoms. The van der Waals surface area contributed by atoms with E-state index in [0.29, 0.717) is 11.4 Å². The zero-order valence-corrected chi connectivity index (χ0v) is 9.77. The van der Waals surface area contributed by atoms with Crippen LogP contribution in [0.3, 0.4) is 0 Å². The second-order valence-corrected chi connectivity index (χ2v) is 4.09. The predicted octanol–water partition coefficient (Wildman–Crippen LogP) is 1.74. The molecule has 0 fully saturated rings. The zero-order valence-electron chi connectivity index (χ0n) is 9.77.